The van der Waals surface area contributed by atoms with Gasteiger partial charge in [0, 0.05) is 28.7 Å². The third-order valence-electron chi connectivity index (χ3n) is 4.19. The van der Waals surface area contributed by atoms with Gasteiger partial charge in [0.1, 0.15) is 11.4 Å². The van der Waals surface area contributed by atoms with E-state index in [2.05, 4.69) is 15.3 Å². The van der Waals surface area contributed by atoms with E-state index in [4.69, 9.17) is 23.2 Å². The lowest BCUT2D eigenvalue weighted by Gasteiger charge is -2.12. The van der Waals surface area contributed by atoms with Gasteiger partial charge >= 0.3 is 0 Å². The highest BCUT2D eigenvalue weighted by Crippen LogP contribution is 2.32. The molecule has 1 aliphatic carbocycles. The van der Waals surface area contributed by atoms with Crippen LogP contribution in [0, 0.1) is 5.92 Å². The van der Waals surface area contributed by atoms with Gasteiger partial charge in [-0.25, -0.2) is 4.98 Å². The van der Waals surface area contributed by atoms with Crippen molar-refractivity contribution in [3.05, 3.63) is 61.7 Å². The van der Waals surface area contributed by atoms with Crippen LogP contribution in [0.15, 0.2) is 29.2 Å². The third kappa shape index (κ3) is 3.79. The first-order valence-corrected chi connectivity index (χ1v) is 8.53. The molecule has 1 aromatic carbocycles. The Labute approximate surface area is 149 Å². The lowest BCUT2D eigenvalue weighted by Crippen LogP contribution is -2.37. The number of carbonyl (C=O) groups is 1. The summed E-state index contributed by atoms with van der Waals surface area (Å²) < 4.78 is 0. The minimum absolute atomic E-state index is 0.0107. The van der Waals surface area contributed by atoms with E-state index in [1.807, 2.05) is 6.92 Å². The van der Waals surface area contributed by atoms with Gasteiger partial charge in [0.25, 0.3) is 11.5 Å². The van der Waals surface area contributed by atoms with Crippen molar-refractivity contribution in [3.8, 4) is 0 Å². The largest absolute Gasteiger partial charge is 0.349 e. The van der Waals surface area contributed by atoms with Gasteiger partial charge in [0.05, 0.1) is 0 Å². The summed E-state index contributed by atoms with van der Waals surface area (Å²) in [4.78, 5) is 31.2. The van der Waals surface area contributed by atoms with Crippen LogP contribution in [0.2, 0.25) is 10.0 Å². The number of aromatic amines is 1. The molecule has 0 spiro atoms. The van der Waals surface area contributed by atoms with E-state index in [0.29, 0.717) is 27.4 Å². The van der Waals surface area contributed by atoms with Crippen LogP contribution in [0.4, 0.5) is 0 Å². The molecule has 0 radical (unpaired) electrons. The summed E-state index contributed by atoms with van der Waals surface area (Å²) in [5, 5.41) is 3.85. The molecule has 1 aliphatic rings. The molecule has 1 atom stereocenters. The standard InChI is InChI=1S/C17H17Cl2N3O2/c1-9(10-5-6-10)21-16(23)12-8-20-15(22-17(12)24)7-11-13(18)3-2-4-14(11)19/h2-4,8-10H,5-7H2,1H3,(H,21,23)(H,20,22,24)/t9-/m0/s1. The minimum Gasteiger partial charge on any atom is -0.349 e. The molecule has 3 rings (SSSR count). The molecular weight excluding hydrogens is 349 g/mol. The number of amides is 1. The van der Waals surface area contributed by atoms with Gasteiger partial charge in [0.2, 0.25) is 0 Å². The highest BCUT2D eigenvalue weighted by molar-refractivity contribution is 6.36. The number of benzene rings is 1. The smallest absolute Gasteiger partial charge is 0.263 e. The Hall–Kier alpha value is -1.85. The molecule has 0 bridgehead atoms. The maximum Gasteiger partial charge on any atom is 0.263 e. The number of halogens is 2. The van der Waals surface area contributed by atoms with Crippen LogP contribution < -0.4 is 10.9 Å². The van der Waals surface area contributed by atoms with Crippen molar-refractivity contribution in [2.45, 2.75) is 32.2 Å². The van der Waals surface area contributed by atoms with Gasteiger partial charge in [-0.3, -0.25) is 9.59 Å². The molecule has 1 amide bonds. The van der Waals surface area contributed by atoms with E-state index in [1.54, 1.807) is 18.2 Å². The fraction of sp³-hybridized carbons (Fsp3) is 0.353. The summed E-state index contributed by atoms with van der Waals surface area (Å²) in [6.45, 7) is 1.95. The van der Waals surface area contributed by atoms with Gasteiger partial charge in [-0.15, -0.1) is 0 Å². The van der Waals surface area contributed by atoms with Crippen LogP contribution in [0.5, 0.6) is 0 Å². The third-order valence-corrected chi connectivity index (χ3v) is 4.90. The maximum atomic E-state index is 12.2. The number of rotatable bonds is 5. The van der Waals surface area contributed by atoms with Crippen molar-refractivity contribution in [3.63, 3.8) is 0 Å². The first-order valence-electron chi connectivity index (χ1n) is 7.77. The molecule has 2 aromatic rings. The highest BCUT2D eigenvalue weighted by Gasteiger charge is 2.29. The lowest BCUT2D eigenvalue weighted by molar-refractivity contribution is 0.0934. The second kappa shape index (κ2) is 6.95. The zero-order chi connectivity index (χ0) is 17.3. The Morgan fingerprint density at radius 2 is 2.04 bits per heavy atom. The highest BCUT2D eigenvalue weighted by atomic mass is 35.5. The predicted octanol–water partition coefficient (Wildman–Crippen LogP) is 3.20. The predicted molar refractivity (Wildman–Crippen MR) is 93.8 cm³/mol. The number of hydrogen-bond acceptors (Lipinski definition) is 3. The number of aromatic nitrogens is 2. The molecule has 126 valence electrons. The van der Waals surface area contributed by atoms with Crippen LogP contribution in [0.25, 0.3) is 0 Å². The van der Waals surface area contributed by atoms with E-state index in [-0.39, 0.29) is 18.0 Å². The second-order valence-corrected chi connectivity index (χ2v) is 6.86. The quantitative estimate of drug-likeness (QED) is 0.854. The van der Waals surface area contributed by atoms with Crippen molar-refractivity contribution in [1.29, 1.82) is 0 Å². The van der Waals surface area contributed by atoms with Crippen LogP contribution in [0.3, 0.4) is 0 Å². The first kappa shape index (κ1) is 17.0. The normalized spacial score (nSPS) is 15.1. The molecular formula is C17H17Cl2N3O2. The summed E-state index contributed by atoms with van der Waals surface area (Å²) in [5.41, 5.74) is 0.226. The molecule has 1 aromatic heterocycles. The van der Waals surface area contributed by atoms with E-state index in [0.717, 1.165) is 12.8 Å². The fourth-order valence-corrected chi connectivity index (χ4v) is 3.08. The first-order chi connectivity index (χ1) is 11.5. The number of nitrogens with one attached hydrogen (secondary N) is 2. The monoisotopic (exact) mass is 365 g/mol. The molecule has 0 aliphatic heterocycles. The van der Waals surface area contributed by atoms with E-state index in [1.165, 1.54) is 6.20 Å². The van der Waals surface area contributed by atoms with Crippen molar-refractivity contribution in [1.82, 2.24) is 15.3 Å². The molecule has 1 saturated carbocycles. The topological polar surface area (TPSA) is 74.8 Å². The van der Waals surface area contributed by atoms with Crippen LogP contribution in [-0.4, -0.2) is 21.9 Å². The van der Waals surface area contributed by atoms with Crippen molar-refractivity contribution in [2.24, 2.45) is 5.92 Å². The zero-order valence-electron chi connectivity index (χ0n) is 13.1. The van der Waals surface area contributed by atoms with Crippen LogP contribution in [0.1, 0.15) is 41.5 Å². The molecule has 1 fully saturated rings. The average molecular weight is 366 g/mol. The Balaban J connectivity index is 1.77. The molecule has 2 N–H and O–H groups in total. The van der Waals surface area contributed by atoms with Crippen LogP contribution >= 0.6 is 23.2 Å². The van der Waals surface area contributed by atoms with Crippen LogP contribution in [-0.2, 0) is 6.42 Å². The van der Waals surface area contributed by atoms with E-state index < -0.39 is 11.5 Å². The van der Waals surface area contributed by atoms with Crippen molar-refractivity contribution in [2.75, 3.05) is 0 Å². The average Bonchev–Trinajstić information content (AvgIpc) is 3.36. The maximum absolute atomic E-state index is 12.2. The molecule has 5 nitrogen and oxygen atoms in total. The van der Waals surface area contributed by atoms with Crippen molar-refractivity contribution < 1.29 is 4.79 Å². The van der Waals surface area contributed by atoms with E-state index >= 15 is 0 Å². The SMILES string of the molecule is C[C@H](NC(=O)c1cnc(Cc2c(Cl)cccc2Cl)[nH]c1=O)C1CC1. The number of hydrogen-bond donors (Lipinski definition) is 2. The minimum atomic E-state index is -0.469. The van der Waals surface area contributed by atoms with Gasteiger partial charge < -0.3 is 10.3 Å². The summed E-state index contributed by atoms with van der Waals surface area (Å²) in [6, 6.07) is 5.27. The fourth-order valence-electron chi connectivity index (χ4n) is 2.55. The Bertz CT molecular complexity index is 811. The number of carbonyl (C=O) groups excluding carboxylic acids is 1. The Morgan fingerprint density at radius 3 is 2.62 bits per heavy atom. The summed E-state index contributed by atoms with van der Waals surface area (Å²) >= 11 is 12.3. The lowest BCUT2D eigenvalue weighted by atomic mass is 10.1. The number of nitrogens with zero attached hydrogens (tertiary/aromatic N) is 1. The van der Waals surface area contributed by atoms with Gasteiger partial charge in [-0.05, 0) is 43.4 Å². The van der Waals surface area contributed by atoms with Gasteiger partial charge in [-0.1, -0.05) is 29.3 Å². The summed E-state index contributed by atoms with van der Waals surface area (Å²) in [5.74, 6) is 0.523. The Morgan fingerprint density at radius 1 is 1.38 bits per heavy atom. The number of H-pyrrole nitrogens is 1. The Kier molecular flexibility index (Phi) is 4.92. The molecule has 0 unspecified atom stereocenters. The summed E-state index contributed by atoms with van der Waals surface area (Å²) in [6.07, 6.45) is 3.82. The van der Waals surface area contributed by atoms with Gasteiger partial charge in [0.15, 0.2) is 0 Å². The molecule has 24 heavy (non-hydrogen) atoms. The molecule has 1 heterocycles. The molecule has 7 heteroatoms. The summed E-state index contributed by atoms with van der Waals surface area (Å²) in [7, 11) is 0. The van der Waals surface area contributed by atoms with E-state index in [9.17, 15) is 9.59 Å². The zero-order valence-corrected chi connectivity index (χ0v) is 14.6. The second-order valence-electron chi connectivity index (χ2n) is 6.05. The molecule has 0 saturated heterocycles. The van der Waals surface area contributed by atoms with Crippen molar-refractivity contribution >= 4 is 29.1 Å². The van der Waals surface area contributed by atoms with Gasteiger partial charge in [-0.2, -0.15) is 0 Å².